The molecule has 1 aromatic heterocycles. The summed E-state index contributed by atoms with van der Waals surface area (Å²) in [6, 6.07) is 2.68. The summed E-state index contributed by atoms with van der Waals surface area (Å²) in [6.07, 6.45) is 0. The molecule has 1 aliphatic heterocycles. The molecule has 0 saturated carbocycles. The predicted molar refractivity (Wildman–Crippen MR) is 69.2 cm³/mol. The summed E-state index contributed by atoms with van der Waals surface area (Å²) in [7, 11) is 1.35. The summed E-state index contributed by atoms with van der Waals surface area (Å²) in [5.74, 6) is -0.508. The number of aromatic nitrogens is 2. The van der Waals surface area contributed by atoms with Gasteiger partial charge in [0.15, 0.2) is 0 Å². The molecule has 1 fully saturated rings. The maximum Gasteiger partial charge on any atom is 0.319 e. The Bertz CT molecular complexity index is 528. The zero-order valence-corrected chi connectivity index (χ0v) is 11.2. The van der Waals surface area contributed by atoms with E-state index in [9.17, 15) is 14.4 Å². The van der Waals surface area contributed by atoms with Gasteiger partial charge in [-0.15, -0.1) is 0 Å². The van der Waals surface area contributed by atoms with Gasteiger partial charge in [0.2, 0.25) is 0 Å². The number of hydrogen-bond acceptors (Lipinski definition) is 6. The third kappa shape index (κ3) is 3.41. The van der Waals surface area contributed by atoms with Crippen molar-refractivity contribution in [2.75, 3.05) is 39.8 Å². The number of nitrogens with one attached hydrogen (secondary N) is 1. The summed E-state index contributed by atoms with van der Waals surface area (Å²) < 4.78 is 4.60. The molecule has 0 radical (unpaired) electrons. The van der Waals surface area contributed by atoms with Crippen LogP contribution in [0.5, 0.6) is 0 Å². The van der Waals surface area contributed by atoms with Crippen molar-refractivity contribution in [3.8, 4) is 0 Å². The minimum absolute atomic E-state index is 0.214. The highest BCUT2D eigenvalue weighted by Crippen LogP contribution is 2.06. The minimum atomic E-state index is -0.343. The predicted octanol–water partition coefficient (Wildman–Crippen LogP) is -1.30. The number of methoxy groups -OCH3 is 1. The number of H-pyrrole nitrogens is 1. The summed E-state index contributed by atoms with van der Waals surface area (Å²) in [6.45, 7) is 2.46. The van der Waals surface area contributed by atoms with Gasteiger partial charge in [0.1, 0.15) is 5.69 Å². The van der Waals surface area contributed by atoms with E-state index in [4.69, 9.17) is 0 Å². The highest BCUT2D eigenvalue weighted by atomic mass is 16.5. The lowest BCUT2D eigenvalue weighted by Crippen LogP contribution is -2.50. The third-order valence-electron chi connectivity index (χ3n) is 3.14. The van der Waals surface area contributed by atoms with Crippen molar-refractivity contribution in [3.05, 3.63) is 28.2 Å². The molecule has 1 saturated heterocycles. The molecule has 0 aliphatic carbocycles. The molecule has 1 amide bonds. The first-order chi connectivity index (χ1) is 9.60. The van der Waals surface area contributed by atoms with Crippen LogP contribution in [0.2, 0.25) is 0 Å². The van der Waals surface area contributed by atoms with E-state index in [1.54, 1.807) is 4.90 Å². The van der Waals surface area contributed by atoms with Crippen LogP contribution in [0.4, 0.5) is 0 Å². The Labute approximate surface area is 115 Å². The Morgan fingerprint density at radius 1 is 1.30 bits per heavy atom. The van der Waals surface area contributed by atoms with Crippen molar-refractivity contribution < 1.29 is 14.3 Å². The van der Waals surface area contributed by atoms with Crippen molar-refractivity contribution in [3.63, 3.8) is 0 Å². The van der Waals surface area contributed by atoms with E-state index in [1.807, 2.05) is 4.90 Å². The van der Waals surface area contributed by atoms with Gasteiger partial charge < -0.3 is 9.64 Å². The molecular formula is C12H16N4O4. The molecule has 2 heterocycles. The molecule has 8 heteroatoms. The Morgan fingerprint density at radius 2 is 2.00 bits per heavy atom. The molecule has 1 aromatic rings. The molecule has 0 aromatic carbocycles. The number of carbonyl (C=O) groups is 2. The van der Waals surface area contributed by atoms with Gasteiger partial charge in [0.05, 0.1) is 13.7 Å². The number of hydrogen-bond donors (Lipinski definition) is 1. The second-order valence-electron chi connectivity index (χ2n) is 4.45. The van der Waals surface area contributed by atoms with Gasteiger partial charge >= 0.3 is 5.97 Å². The molecule has 1 aliphatic rings. The van der Waals surface area contributed by atoms with Crippen LogP contribution in [0.1, 0.15) is 10.5 Å². The molecule has 1 N–H and O–H groups in total. The Morgan fingerprint density at radius 3 is 2.55 bits per heavy atom. The van der Waals surface area contributed by atoms with E-state index < -0.39 is 0 Å². The third-order valence-corrected chi connectivity index (χ3v) is 3.14. The average molecular weight is 280 g/mol. The first-order valence-corrected chi connectivity index (χ1v) is 6.24. The van der Waals surface area contributed by atoms with Gasteiger partial charge in [-0.2, -0.15) is 5.10 Å². The Hall–Kier alpha value is -2.22. The number of aromatic amines is 1. The summed E-state index contributed by atoms with van der Waals surface area (Å²) in [5.41, 5.74) is -0.129. The number of piperazine rings is 1. The lowest BCUT2D eigenvalue weighted by molar-refractivity contribution is -0.142. The molecule has 2 rings (SSSR count). The maximum atomic E-state index is 12.1. The molecule has 0 unspecified atom stereocenters. The smallest absolute Gasteiger partial charge is 0.319 e. The second kappa shape index (κ2) is 6.29. The molecule has 20 heavy (non-hydrogen) atoms. The lowest BCUT2D eigenvalue weighted by atomic mass is 10.2. The first-order valence-electron chi connectivity index (χ1n) is 6.24. The minimum Gasteiger partial charge on any atom is -0.468 e. The SMILES string of the molecule is COC(=O)CN1CCN(C(=O)c2ccc(=O)[nH]n2)CC1. The quantitative estimate of drug-likeness (QED) is 0.691. The van der Waals surface area contributed by atoms with Crippen LogP contribution in [0.3, 0.4) is 0 Å². The van der Waals surface area contributed by atoms with E-state index >= 15 is 0 Å². The summed E-state index contributed by atoms with van der Waals surface area (Å²) in [4.78, 5) is 37.8. The van der Waals surface area contributed by atoms with Crippen LogP contribution in [0.25, 0.3) is 0 Å². The van der Waals surface area contributed by atoms with Crippen LogP contribution in [0, 0.1) is 0 Å². The monoisotopic (exact) mass is 280 g/mol. The van der Waals surface area contributed by atoms with Gasteiger partial charge in [-0.1, -0.05) is 0 Å². The maximum absolute atomic E-state index is 12.1. The highest BCUT2D eigenvalue weighted by molar-refractivity contribution is 5.92. The first kappa shape index (κ1) is 14.2. The number of esters is 1. The normalized spacial score (nSPS) is 15.9. The van der Waals surface area contributed by atoms with Crippen molar-refractivity contribution in [1.29, 1.82) is 0 Å². The van der Waals surface area contributed by atoms with Crippen LogP contribution < -0.4 is 5.56 Å². The van der Waals surface area contributed by atoms with Gasteiger partial charge in [0.25, 0.3) is 11.5 Å². The standard InChI is InChI=1S/C12H16N4O4/c1-20-11(18)8-15-4-6-16(7-5-15)12(19)9-2-3-10(17)14-13-9/h2-3H,4-8H2,1H3,(H,14,17). The Kier molecular flexibility index (Phi) is 4.46. The van der Waals surface area contributed by atoms with Gasteiger partial charge in [-0.05, 0) is 6.07 Å². The fourth-order valence-electron chi connectivity index (χ4n) is 1.98. The number of rotatable bonds is 3. The van der Waals surface area contributed by atoms with E-state index in [0.717, 1.165) is 0 Å². The number of ether oxygens (including phenoxy) is 1. The van der Waals surface area contributed by atoms with Gasteiger partial charge in [-0.25, -0.2) is 5.10 Å². The Balaban J connectivity index is 1.90. The van der Waals surface area contributed by atoms with E-state index in [1.165, 1.54) is 19.2 Å². The molecule has 0 bridgehead atoms. The molecule has 0 spiro atoms. The number of amides is 1. The fourth-order valence-corrected chi connectivity index (χ4v) is 1.98. The zero-order valence-electron chi connectivity index (χ0n) is 11.2. The second-order valence-corrected chi connectivity index (χ2v) is 4.45. The van der Waals surface area contributed by atoms with Gasteiger partial charge in [0, 0.05) is 32.2 Å². The molecular weight excluding hydrogens is 264 g/mol. The largest absolute Gasteiger partial charge is 0.468 e. The number of nitrogens with zero attached hydrogens (tertiary/aromatic N) is 3. The van der Waals surface area contributed by atoms with Crippen molar-refractivity contribution in [2.24, 2.45) is 0 Å². The van der Waals surface area contributed by atoms with Crippen molar-refractivity contribution >= 4 is 11.9 Å². The number of carbonyl (C=O) groups excluding carboxylic acids is 2. The van der Waals surface area contributed by atoms with Gasteiger partial charge in [-0.3, -0.25) is 19.3 Å². The topological polar surface area (TPSA) is 95.6 Å². The van der Waals surface area contributed by atoms with E-state index in [2.05, 4.69) is 14.9 Å². The fraction of sp³-hybridized carbons (Fsp3) is 0.500. The van der Waals surface area contributed by atoms with E-state index in [0.29, 0.717) is 26.2 Å². The highest BCUT2D eigenvalue weighted by Gasteiger charge is 2.24. The van der Waals surface area contributed by atoms with Crippen LogP contribution in [0.15, 0.2) is 16.9 Å². The molecule has 8 nitrogen and oxygen atoms in total. The summed E-state index contributed by atoms with van der Waals surface area (Å²) >= 11 is 0. The lowest BCUT2D eigenvalue weighted by Gasteiger charge is -2.33. The molecule has 0 atom stereocenters. The zero-order chi connectivity index (χ0) is 14.5. The van der Waals surface area contributed by atoms with Crippen molar-refractivity contribution in [1.82, 2.24) is 20.0 Å². The average Bonchev–Trinajstić information content (AvgIpc) is 2.48. The van der Waals surface area contributed by atoms with Crippen LogP contribution in [-0.4, -0.2) is 71.7 Å². The molecule has 108 valence electrons. The van der Waals surface area contributed by atoms with E-state index in [-0.39, 0.29) is 29.7 Å². The summed E-state index contributed by atoms with van der Waals surface area (Å²) in [5, 5.41) is 5.96. The van der Waals surface area contributed by atoms with Crippen LogP contribution in [-0.2, 0) is 9.53 Å². The van der Waals surface area contributed by atoms with Crippen molar-refractivity contribution in [2.45, 2.75) is 0 Å². The van der Waals surface area contributed by atoms with Crippen LogP contribution >= 0.6 is 0 Å².